The molecule has 2 heteroatoms. The van der Waals surface area contributed by atoms with Crippen molar-refractivity contribution in [1.29, 1.82) is 0 Å². The standard InChI is InChI=1S/C57H36BrN/c58-53-22-12-11-19-45(53)40-25-23-37(24-26-40)41-28-31-48-49-32-27-39-14-8-10-21-47(39)56(49)59(54(48)35-41)44-30-34-51-50(36-44)55-46-20-9-7-13-38(46)29-33-52(55)57(51,42-15-3-1-4-16-42)43-17-5-2-6-18-43/h1-36H. The van der Waals surface area contributed by atoms with Crippen molar-refractivity contribution >= 4 is 59.3 Å². The molecule has 10 aromatic carbocycles. The Balaban J connectivity index is 1.15. The summed E-state index contributed by atoms with van der Waals surface area (Å²) in [5, 5.41) is 7.50. The minimum atomic E-state index is -0.488. The third kappa shape index (κ3) is 5.03. The number of hydrogen-bond donors (Lipinski definition) is 0. The Morgan fingerprint density at radius 2 is 0.949 bits per heavy atom. The lowest BCUT2D eigenvalue weighted by molar-refractivity contribution is 0.769. The quantitative estimate of drug-likeness (QED) is 0.163. The van der Waals surface area contributed by atoms with Gasteiger partial charge in [-0.3, -0.25) is 0 Å². The molecule has 59 heavy (non-hydrogen) atoms. The van der Waals surface area contributed by atoms with Gasteiger partial charge in [-0.15, -0.1) is 0 Å². The number of benzene rings is 10. The maximum atomic E-state index is 3.75. The van der Waals surface area contributed by atoms with Gasteiger partial charge < -0.3 is 4.57 Å². The zero-order chi connectivity index (χ0) is 39.1. The zero-order valence-corrected chi connectivity index (χ0v) is 33.7. The van der Waals surface area contributed by atoms with Crippen molar-refractivity contribution in [3.63, 3.8) is 0 Å². The molecule has 1 aromatic heterocycles. The van der Waals surface area contributed by atoms with Crippen molar-refractivity contribution in [3.8, 4) is 39.1 Å². The largest absolute Gasteiger partial charge is 0.309 e. The fourth-order valence-corrected chi connectivity index (χ4v) is 10.7. The number of halogens is 1. The average molecular weight is 815 g/mol. The van der Waals surface area contributed by atoms with Crippen molar-refractivity contribution in [3.05, 3.63) is 245 Å². The van der Waals surface area contributed by atoms with Gasteiger partial charge in [0.1, 0.15) is 0 Å². The van der Waals surface area contributed by atoms with Gasteiger partial charge in [0.2, 0.25) is 0 Å². The molecule has 0 aliphatic heterocycles. The molecule has 0 bridgehead atoms. The van der Waals surface area contributed by atoms with Crippen LogP contribution in [0.1, 0.15) is 22.3 Å². The Morgan fingerprint density at radius 1 is 0.373 bits per heavy atom. The van der Waals surface area contributed by atoms with Gasteiger partial charge in [-0.1, -0.05) is 210 Å². The second-order valence-corrected chi connectivity index (χ2v) is 16.6. The first kappa shape index (κ1) is 34.1. The van der Waals surface area contributed by atoms with Crippen LogP contribution in [0.15, 0.2) is 223 Å². The number of aromatic nitrogens is 1. The highest BCUT2D eigenvalue weighted by molar-refractivity contribution is 9.10. The second-order valence-electron chi connectivity index (χ2n) is 15.7. The minimum Gasteiger partial charge on any atom is -0.309 e. The van der Waals surface area contributed by atoms with Crippen molar-refractivity contribution < 1.29 is 0 Å². The van der Waals surface area contributed by atoms with Crippen LogP contribution in [0.25, 0.3) is 82.4 Å². The maximum absolute atomic E-state index is 3.75. The highest BCUT2D eigenvalue weighted by atomic mass is 79.9. The van der Waals surface area contributed by atoms with Gasteiger partial charge in [0, 0.05) is 26.3 Å². The van der Waals surface area contributed by atoms with Gasteiger partial charge in [0.25, 0.3) is 0 Å². The average Bonchev–Trinajstić information content (AvgIpc) is 3.80. The normalized spacial score (nSPS) is 13.0. The fraction of sp³-hybridized carbons (Fsp3) is 0.0175. The van der Waals surface area contributed by atoms with Crippen molar-refractivity contribution in [2.45, 2.75) is 5.41 Å². The van der Waals surface area contributed by atoms with E-state index in [0.29, 0.717) is 0 Å². The van der Waals surface area contributed by atoms with E-state index >= 15 is 0 Å². The summed E-state index contributed by atoms with van der Waals surface area (Å²) in [4.78, 5) is 0. The van der Waals surface area contributed by atoms with E-state index in [1.807, 2.05) is 0 Å². The number of nitrogens with zero attached hydrogens (tertiary/aromatic N) is 1. The van der Waals surface area contributed by atoms with Crippen molar-refractivity contribution in [2.24, 2.45) is 0 Å². The molecule has 0 spiro atoms. The zero-order valence-electron chi connectivity index (χ0n) is 32.1. The summed E-state index contributed by atoms with van der Waals surface area (Å²) in [6.45, 7) is 0. The smallest absolute Gasteiger partial charge is 0.0713 e. The first-order chi connectivity index (χ1) is 29.2. The molecule has 0 unspecified atom stereocenters. The molecule has 0 N–H and O–H groups in total. The van der Waals surface area contributed by atoms with E-state index in [4.69, 9.17) is 0 Å². The molecule has 12 rings (SSSR count). The molecule has 0 atom stereocenters. The molecule has 0 saturated carbocycles. The van der Waals surface area contributed by atoms with Crippen LogP contribution >= 0.6 is 15.9 Å². The Hall–Kier alpha value is -7.00. The van der Waals surface area contributed by atoms with E-state index in [0.717, 1.165) is 10.2 Å². The van der Waals surface area contributed by atoms with Gasteiger partial charge >= 0.3 is 0 Å². The van der Waals surface area contributed by atoms with E-state index in [-0.39, 0.29) is 0 Å². The van der Waals surface area contributed by atoms with Crippen LogP contribution in [0.4, 0.5) is 0 Å². The van der Waals surface area contributed by atoms with Gasteiger partial charge in [0.15, 0.2) is 0 Å². The van der Waals surface area contributed by atoms with Gasteiger partial charge in [0.05, 0.1) is 16.4 Å². The molecular weight excluding hydrogens is 779 g/mol. The molecule has 0 saturated heterocycles. The van der Waals surface area contributed by atoms with Crippen LogP contribution in [-0.2, 0) is 5.41 Å². The van der Waals surface area contributed by atoms with Gasteiger partial charge in [-0.25, -0.2) is 0 Å². The van der Waals surface area contributed by atoms with Crippen molar-refractivity contribution in [1.82, 2.24) is 4.57 Å². The lowest BCUT2D eigenvalue weighted by Gasteiger charge is -2.34. The summed E-state index contributed by atoms with van der Waals surface area (Å²) in [6, 6.07) is 80.9. The Morgan fingerprint density at radius 3 is 1.69 bits per heavy atom. The SMILES string of the molecule is Brc1ccccc1-c1ccc(-c2ccc3c4ccc5ccccc5c4n(-c4ccc5c(c4)-c4c(ccc6ccccc46)C5(c4ccccc4)c4ccccc4)c3c2)cc1. The van der Waals surface area contributed by atoms with E-state index in [1.54, 1.807) is 0 Å². The van der Waals surface area contributed by atoms with Gasteiger partial charge in [-0.05, 0) is 96.1 Å². The summed E-state index contributed by atoms with van der Waals surface area (Å²) >= 11 is 3.75. The second kappa shape index (κ2) is 13.3. The highest BCUT2D eigenvalue weighted by Gasteiger charge is 2.46. The monoisotopic (exact) mass is 813 g/mol. The third-order valence-electron chi connectivity index (χ3n) is 12.7. The topological polar surface area (TPSA) is 4.93 Å². The first-order valence-electron chi connectivity index (χ1n) is 20.3. The lowest BCUT2D eigenvalue weighted by atomic mass is 9.67. The number of fused-ring (bicyclic) bond motifs is 10. The van der Waals surface area contributed by atoms with Crippen LogP contribution in [0.2, 0.25) is 0 Å². The Kier molecular flexibility index (Phi) is 7.67. The van der Waals surface area contributed by atoms with Crippen LogP contribution in [0.3, 0.4) is 0 Å². The maximum Gasteiger partial charge on any atom is 0.0713 e. The van der Waals surface area contributed by atoms with E-state index in [2.05, 4.69) is 239 Å². The summed E-state index contributed by atoms with van der Waals surface area (Å²) in [6.07, 6.45) is 0. The molecule has 0 fully saturated rings. The summed E-state index contributed by atoms with van der Waals surface area (Å²) in [5.74, 6) is 0. The minimum absolute atomic E-state index is 0.488. The molecule has 1 aliphatic carbocycles. The molecule has 0 radical (unpaired) electrons. The van der Waals surface area contributed by atoms with Crippen LogP contribution in [0, 0.1) is 0 Å². The van der Waals surface area contributed by atoms with E-state index in [9.17, 15) is 0 Å². The fourth-order valence-electron chi connectivity index (χ4n) is 10.2. The highest BCUT2D eigenvalue weighted by Crippen LogP contribution is 2.58. The van der Waals surface area contributed by atoms with E-state index < -0.39 is 5.41 Å². The van der Waals surface area contributed by atoms with Gasteiger partial charge in [-0.2, -0.15) is 0 Å². The van der Waals surface area contributed by atoms with Crippen LogP contribution in [-0.4, -0.2) is 4.57 Å². The first-order valence-corrected chi connectivity index (χ1v) is 21.1. The molecule has 1 aliphatic rings. The van der Waals surface area contributed by atoms with Crippen LogP contribution < -0.4 is 0 Å². The van der Waals surface area contributed by atoms with Crippen molar-refractivity contribution in [2.75, 3.05) is 0 Å². The molecule has 11 aromatic rings. The molecule has 0 amide bonds. The molecular formula is C57H36BrN. The molecule has 1 nitrogen and oxygen atoms in total. The summed E-state index contributed by atoms with van der Waals surface area (Å²) in [7, 11) is 0. The summed E-state index contributed by atoms with van der Waals surface area (Å²) in [5.41, 5.74) is 15.6. The predicted molar refractivity (Wildman–Crippen MR) is 252 cm³/mol. The Bertz CT molecular complexity index is 3390. The van der Waals surface area contributed by atoms with Crippen LogP contribution in [0.5, 0.6) is 0 Å². The molecule has 1 heterocycles. The Labute approximate surface area is 351 Å². The number of hydrogen-bond acceptors (Lipinski definition) is 0. The summed E-state index contributed by atoms with van der Waals surface area (Å²) < 4.78 is 3.63. The lowest BCUT2D eigenvalue weighted by Crippen LogP contribution is -2.28. The van der Waals surface area contributed by atoms with E-state index in [1.165, 1.54) is 99.0 Å². The third-order valence-corrected chi connectivity index (χ3v) is 13.4. The number of rotatable bonds is 5. The molecule has 276 valence electrons. The predicted octanol–water partition coefficient (Wildman–Crippen LogP) is 15.5.